The van der Waals surface area contributed by atoms with Crippen LogP contribution < -0.4 is 5.56 Å². The quantitative estimate of drug-likeness (QED) is 0.283. The van der Waals surface area contributed by atoms with Crippen LogP contribution in [0.1, 0.15) is 40.0 Å². The second-order valence-electron chi connectivity index (χ2n) is 9.03. The molecule has 1 aliphatic carbocycles. The zero-order valence-corrected chi connectivity index (χ0v) is 19.7. The number of hydrogen-bond donors (Lipinski definition) is 0. The molecule has 32 heavy (non-hydrogen) atoms. The maximum absolute atomic E-state index is 13.3. The Morgan fingerprint density at radius 3 is 2.59 bits per heavy atom. The molecule has 168 valence electrons. The van der Waals surface area contributed by atoms with Crippen molar-refractivity contribution in [3.05, 3.63) is 65.0 Å². The number of thioether (sulfide) groups is 1. The van der Waals surface area contributed by atoms with Crippen LogP contribution in [0.5, 0.6) is 0 Å². The Kier molecular flexibility index (Phi) is 6.99. The third-order valence-electron chi connectivity index (χ3n) is 6.32. The van der Waals surface area contributed by atoms with E-state index in [0.29, 0.717) is 33.8 Å². The lowest BCUT2D eigenvalue weighted by molar-refractivity contribution is -0.152. The average Bonchev–Trinajstić information content (AvgIpc) is 2.78. The van der Waals surface area contributed by atoms with E-state index in [1.54, 1.807) is 10.6 Å². The SMILES string of the molecule is CC1CCC(C(C)C)C(OC(=O)CSc2nc3ccccc3c(=O)n2-c2ccccc2)C1. The number of rotatable bonds is 6. The van der Waals surface area contributed by atoms with Gasteiger partial charge in [-0.3, -0.25) is 14.2 Å². The van der Waals surface area contributed by atoms with E-state index in [1.165, 1.54) is 18.2 Å². The summed E-state index contributed by atoms with van der Waals surface area (Å²) in [5, 5.41) is 1.05. The van der Waals surface area contributed by atoms with Gasteiger partial charge in [-0.15, -0.1) is 0 Å². The number of carbonyl (C=O) groups is 1. The number of aromatic nitrogens is 2. The molecule has 5 nitrogen and oxygen atoms in total. The van der Waals surface area contributed by atoms with Gasteiger partial charge in [0.05, 0.1) is 22.3 Å². The molecule has 4 rings (SSSR count). The molecule has 0 bridgehead atoms. The van der Waals surface area contributed by atoms with E-state index in [9.17, 15) is 9.59 Å². The van der Waals surface area contributed by atoms with Crippen molar-refractivity contribution in [2.75, 3.05) is 5.75 Å². The van der Waals surface area contributed by atoms with Crippen LogP contribution in [0.25, 0.3) is 16.6 Å². The Morgan fingerprint density at radius 2 is 1.84 bits per heavy atom. The minimum absolute atomic E-state index is 0.0345. The molecule has 0 saturated heterocycles. The molecule has 3 unspecified atom stereocenters. The molecule has 0 aliphatic heterocycles. The summed E-state index contributed by atoms with van der Waals surface area (Å²) >= 11 is 1.26. The molecule has 6 heteroatoms. The first kappa shape index (κ1) is 22.6. The van der Waals surface area contributed by atoms with Gasteiger partial charge in [-0.1, -0.05) is 69.3 Å². The van der Waals surface area contributed by atoms with Crippen molar-refractivity contribution in [3.63, 3.8) is 0 Å². The van der Waals surface area contributed by atoms with Crippen LogP contribution in [-0.2, 0) is 9.53 Å². The Morgan fingerprint density at radius 1 is 1.12 bits per heavy atom. The van der Waals surface area contributed by atoms with E-state index in [0.717, 1.165) is 18.5 Å². The third-order valence-corrected chi connectivity index (χ3v) is 7.23. The number of nitrogens with zero attached hydrogens (tertiary/aromatic N) is 2. The zero-order chi connectivity index (χ0) is 22.7. The molecule has 0 N–H and O–H groups in total. The smallest absolute Gasteiger partial charge is 0.316 e. The molecule has 0 radical (unpaired) electrons. The number of ether oxygens (including phenoxy) is 1. The molecule has 3 aromatic rings. The standard InChI is InChI=1S/C26H30N2O3S/c1-17(2)20-14-13-18(3)15-23(20)31-24(29)16-32-26-27-22-12-8-7-11-21(22)25(30)28(26)19-9-5-4-6-10-19/h4-12,17-18,20,23H,13-16H2,1-3H3. The molecule has 1 saturated carbocycles. The number of fused-ring (bicyclic) bond motifs is 1. The molecule has 1 aromatic heterocycles. The van der Waals surface area contributed by atoms with Crippen molar-refractivity contribution in [1.82, 2.24) is 9.55 Å². The van der Waals surface area contributed by atoms with Crippen LogP contribution in [0.3, 0.4) is 0 Å². The molecule has 0 spiro atoms. The number of hydrogen-bond acceptors (Lipinski definition) is 5. The van der Waals surface area contributed by atoms with Crippen LogP contribution >= 0.6 is 11.8 Å². The zero-order valence-electron chi connectivity index (χ0n) is 18.9. The Labute approximate surface area is 193 Å². The predicted octanol–water partition coefficient (Wildman–Crippen LogP) is 5.48. The first-order chi connectivity index (χ1) is 15.4. The van der Waals surface area contributed by atoms with Crippen LogP contribution in [0.4, 0.5) is 0 Å². The van der Waals surface area contributed by atoms with Gasteiger partial charge >= 0.3 is 5.97 Å². The van der Waals surface area contributed by atoms with Gasteiger partial charge in [0.15, 0.2) is 5.16 Å². The number of carbonyl (C=O) groups excluding carboxylic acids is 1. The first-order valence-corrected chi connectivity index (χ1v) is 12.3. The van der Waals surface area contributed by atoms with Gasteiger partial charge in [0, 0.05) is 0 Å². The highest BCUT2D eigenvalue weighted by Gasteiger charge is 2.33. The summed E-state index contributed by atoms with van der Waals surface area (Å²) in [6, 6.07) is 16.7. The lowest BCUT2D eigenvalue weighted by Crippen LogP contribution is -2.36. The molecular weight excluding hydrogens is 420 g/mol. The second kappa shape index (κ2) is 9.90. The third kappa shape index (κ3) is 4.90. The van der Waals surface area contributed by atoms with E-state index >= 15 is 0 Å². The normalized spacial score (nSPS) is 21.1. The molecule has 3 atom stereocenters. The van der Waals surface area contributed by atoms with Crippen LogP contribution in [0.2, 0.25) is 0 Å². The Bertz CT molecular complexity index is 1140. The minimum Gasteiger partial charge on any atom is -0.461 e. The summed E-state index contributed by atoms with van der Waals surface area (Å²) in [6.07, 6.45) is 3.18. The lowest BCUT2D eigenvalue weighted by Gasteiger charge is -2.36. The highest BCUT2D eigenvalue weighted by Crippen LogP contribution is 2.35. The summed E-state index contributed by atoms with van der Waals surface area (Å²) in [5.41, 5.74) is 1.22. The van der Waals surface area contributed by atoms with E-state index in [1.807, 2.05) is 48.5 Å². The van der Waals surface area contributed by atoms with Crippen molar-refractivity contribution < 1.29 is 9.53 Å². The van der Waals surface area contributed by atoms with Crippen LogP contribution in [0.15, 0.2) is 64.5 Å². The van der Waals surface area contributed by atoms with E-state index < -0.39 is 0 Å². The van der Waals surface area contributed by atoms with Gasteiger partial charge in [-0.05, 0) is 54.9 Å². The first-order valence-electron chi connectivity index (χ1n) is 11.3. The average molecular weight is 451 g/mol. The van der Waals surface area contributed by atoms with Gasteiger partial charge in [-0.2, -0.15) is 0 Å². The summed E-state index contributed by atoms with van der Waals surface area (Å²) < 4.78 is 7.53. The van der Waals surface area contributed by atoms with Gasteiger partial charge in [0.25, 0.3) is 5.56 Å². The van der Waals surface area contributed by atoms with Crippen LogP contribution in [-0.4, -0.2) is 27.4 Å². The lowest BCUT2D eigenvalue weighted by atomic mass is 9.75. The molecule has 1 fully saturated rings. The largest absolute Gasteiger partial charge is 0.461 e. The summed E-state index contributed by atoms with van der Waals surface area (Å²) in [6.45, 7) is 6.63. The second-order valence-corrected chi connectivity index (χ2v) is 9.97. The van der Waals surface area contributed by atoms with Gasteiger partial charge < -0.3 is 4.74 Å². The predicted molar refractivity (Wildman–Crippen MR) is 129 cm³/mol. The van der Waals surface area contributed by atoms with E-state index in [-0.39, 0.29) is 23.4 Å². The summed E-state index contributed by atoms with van der Waals surface area (Å²) in [7, 11) is 0. The fourth-order valence-corrected chi connectivity index (χ4v) is 5.39. The number of benzene rings is 2. The van der Waals surface area contributed by atoms with Gasteiger partial charge in [-0.25, -0.2) is 4.98 Å². The number of para-hydroxylation sites is 2. The highest BCUT2D eigenvalue weighted by atomic mass is 32.2. The molecular formula is C26H30N2O3S. The van der Waals surface area contributed by atoms with Crippen molar-refractivity contribution in [3.8, 4) is 5.69 Å². The Hall–Kier alpha value is -2.60. The molecule has 0 amide bonds. The van der Waals surface area contributed by atoms with Crippen molar-refractivity contribution in [1.29, 1.82) is 0 Å². The Balaban J connectivity index is 1.57. The molecule has 1 heterocycles. The topological polar surface area (TPSA) is 61.2 Å². The van der Waals surface area contributed by atoms with E-state index in [2.05, 4.69) is 20.8 Å². The van der Waals surface area contributed by atoms with Crippen molar-refractivity contribution in [2.24, 2.45) is 17.8 Å². The number of esters is 1. The van der Waals surface area contributed by atoms with Gasteiger partial charge in [0.1, 0.15) is 6.10 Å². The van der Waals surface area contributed by atoms with Crippen molar-refractivity contribution >= 4 is 28.6 Å². The van der Waals surface area contributed by atoms with E-state index in [4.69, 9.17) is 9.72 Å². The van der Waals surface area contributed by atoms with Crippen molar-refractivity contribution in [2.45, 2.75) is 51.3 Å². The highest BCUT2D eigenvalue weighted by molar-refractivity contribution is 7.99. The fraction of sp³-hybridized carbons (Fsp3) is 0.423. The molecule has 2 aromatic carbocycles. The fourth-order valence-electron chi connectivity index (χ4n) is 4.59. The maximum atomic E-state index is 13.3. The minimum atomic E-state index is -0.248. The van der Waals surface area contributed by atoms with Crippen LogP contribution in [0, 0.1) is 17.8 Å². The molecule has 1 aliphatic rings. The van der Waals surface area contributed by atoms with Gasteiger partial charge in [0.2, 0.25) is 0 Å². The summed E-state index contributed by atoms with van der Waals surface area (Å²) in [5.74, 6) is 1.33. The maximum Gasteiger partial charge on any atom is 0.316 e. The summed E-state index contributed by atoms with van der Waals surface area (Å²) in [4.78, 5) is 30.8. The monoisotopic (exact) mass is 450 g/mol.